The van der Waals surface area contributed by atoms with E-state index in [1.807, 2.05) is 39.8 Å². The van der Waals surface area contributed by atoms with Gasteiger partial charge in [0.05, 0.1) is 50.6 Å². The molecule has 0 radical (unpaired) electrons. The predicted octanol–water partition coefficient (Wildman–Crippen LogP) is 3.37. The van der Waals surface area contributed by atoms with Crippen LogP contribution in [-0.4, -0.2) is 91.9 Å². The Labute approximate surface area is 244 Å². The molecule has 0 aromatic heterocycles. The van der Waals surface area contributed by atoms with Crippen LogP contribution >= 0.6 is 0 Å². The molecule has 3 aliphatic heterocycles. The van der Waals surface area contributed by atoms with Gasteiger partial charge in [0.15, 0.2) is 6.29 Å². The van der Waals surface area contributed by atoms with Crippen LogP contribution < -0.4 is 5.32 Å². The molecule has 41 heavy (non-hydrogen) atoms. The molecule has 3 rings (SSSR count). The highest BCUT2D eigenvalue weighted by Crippen LogP contribution is 2.45. The normalized spacial score (nSPS) is 35.5. The number of carbonyl (C=O) groups is 2. The van der Waals surface area contributed by atoms with Crippen molar-refractivity contribution in [3.63, 3.8) is 0 Å². The predicted molar refractivity (Wildman–Crippen MR) is 153 cm³/mol. The molecule has 232 valence electrons. The van der Waals surface area contributed by atoms with E-state index < -0.39 is 24.1 Å². The summed E-state index contributed by atoms with van der Waals surface area (Å²) in [5, 5.41) is 12.3. The molecular weight excluding hydrogens is 530 g/mol. The Morgan fingerprint density at radius 2 is 1.93 bits per heavy atom. The number of aliphatic hydroxyl groups excluding tert-OH is 1. The molecule has 0 bridgehead atoms. The monoisotopic (exact) mass is 579 g/mol. The molecule has 2 N–H and O–H groups in total. The van der Waals surface area contributed by atoms with Crippen LogP contribution in [0.1, 0.15) is 67.2 Å². The number of carbonyl (C=O) groups excluding carboxylic acids is 2. The second kappa shape index (κ2) is 15.4. The van der Waals surface area contributed by atoms with Crippen molar-refractivity contribution in [3.05, 3.63) is 36.0 Å². The SMILES string of the molecule is CCOC(C)O[C@@H]1[C@@H](/C=C/C(C)=C/C[C@@H]2O[C@H](C)[C@H](NC(=O)/C=C\[C@H](C)O)C[C@@H]2C)O[C@H](CC(=O)OC)C[C@@]12CO2. The zero-order chi connectivity index (χ0) is 30.2. The molecule has 0 aliphatic carbocycles. The van der Waals surface area contributed by atoms with Crippen LogP contribution in [0.5, 0.6) is 0 Å². The summed E-state index contributed by atoms with van der Waals surface area (Å²) in [6.45, 7) is 12.6. The van der Waals surface area contributed by atoms with Crippen LogP contribution in [0.2, 0.25) is 0 Å². The van der Waals surface area contributed by atoms with Gasteiger partial charge in [-0.15, -0.1) is 0 Å². The third kappa shape index (κ3) is 10.0. The average Bonchev–Trinajstić information content (AvgIpc) is 3.68. The summed E-state index contributed by atoms with van der Waals surface area (Å²) in [5.41, 5.74) is 0.544. The molecule has 3 fully saturated rings. The summed E-state index contributed by atoms with van der Waals surface area (Å²) in [6, 6.07) is -0.0910. The molecule has 0 aromatic rings. The van der Waals surface area contributed by atoms with E-state index in [-0.39, 0.29) is 54.7 Å². The van der Waals surface area contributed by atoms with Gasteiger partial charge in [0, 0.05) is 19.1 Å². The van der Waals surface area contributed by atoms with Gasteiger partial charge in [-0.25, -0.2) is 0 Å². The number of esters is 1. The molecule has 1 unspecified atom stereocenters. The van der Waals surface area contributed by atoms with Crippen LogP contribution in [0.25, 0.3) is 0 Å². The van der Waals surface area contributed by atoms with Gasteiger partial charge >= 0.3 is 5.97 Å². The number of nitrogens with one attached hydrogen (secondary N) is 1. The van der Waals surface area contributed by atoms with Gasteiger partial charge in [0.2, 0.25) is 5.91 Å². The van der Waals surface area contributed by atoms with Crippen LogP contribution in [-0.2, 0) is 38.0 Å². The number of methoxy groups -OCH3 is 1. The molecule has 0 aromatic carbocycles. The Morgan fingerprint density at radius 3 is 2.56 bits per heavy atom. The standard InChI is InChI=1S/C31H49NO9/c1-8-37-23(6)40-30-27(41-24(16-29(35)36-7)17-31(30)18-38-31)13-10-19(2)9-12-26-20(3)15-25(22(5)39-26)32-28(34)14-11-21(4)33/h9-11,13-14,20-27,30,33H,8,12,15-18H2,1-7H3,(H,32,34)/b13-10+,14-11-,19-9+/t20-,21-,22+,23?,24+,25+,26-,27+,30+,31+/m0/s1. The van der Waals surface area contributed by atoms with Crippen molar-refractivity contribution in [2.24, 2.45) is 5.92 Å². The van der Waals surface area contributed by atoms with Crippen LogP contribution in [0, 0.1) is 5.92 Å². The topological polar surface area (TPSA) is 125 Å². The average molecular weight is 580 g/mol. The second-order valence-corrected chi connectivity index (χ2v) is 11.5. The molecule has 1 amide bonds. The Morgan fingerprint density at radius 1 is 1.20 bits per heavy atom. The van der Waals surface area contributed by atoms with Crippen molar-refractivity contribution in [3.8, 4) is 0 Å². The van der Waals surface area contributed by atoms with Crippen molar-refractivity contribution in [1.82, 2.24) is 5.32 Å². The number of ether oxygens (including phenoxy) is 6. The minimum absolute atomic E-state index is 0.0242. The number of rotatable bonds is 13. The van der Waals surface area contributed by atoms with Gasteiger partial charge in [-0.3, -0.25) is 9.59 Å². The Kier molecular flexibility index (Phi) is 12.6. The van der Waals surface area contributed by atoms with E-state index in [4.69, 9.17) is 28.4 Å². The first-order valence-corrected chi connectivity index (χ1v) is 14.8. The Bertz CT molecular complexity index is 957. The zero-order valence-electron chi connectivity index (χ0n) is 25.5. The number of hydrogen-bond donors (Lipinski definition) is 2. The van der Waals surface area contributed by atoms with E-state index in [2.05, 4.69) is 18.3 Å². The smallest absolute Gasteiger partial charge is 0.308 e. The van der Waals surface area contributed by atoms with E-state index >= 15 is 0 Å². The summed E-state index contributed by atoms with van der Waals surface area (Å²) in [6.07, 6.45) is 8.87. The lowest BCUT2D eigenvalue weighted by Gasteiger charge is -2.40. The van der Waals surface area contributed by atoms with Gasteiger partial charge < -0.3 is 38.8 Å². The lowest BCUT2D eigenvalue weighted by Crippen LogP contribution is -2.53. The van der Waals surface area contributed by atoms with Crippen molar-refractivity contribution in [1.29, 1.82) is 0 Å². The largest absolute Gasteiger partial charge is 0.469 e. The quantitative estimate of drug-likeness (QED) is 0.111. The summed E-state index contributed by atoms with van der Waals surface area (Å²) in [4.78, 5) is 24.1. The van der Waals surface area contributed by atoms with Crippen molar-refractivity contribution >= 4 is 11.9 Å². The summed E-state index contributed by atoms with van der Waals surface area (Å²) < 4.78 is 35.3. The number of hydrogen-bond acceptors (Lipinski definition) is 9. The first kappa shape index (κ1) is 33.4. The number of amides is 1. The van der Waals surface area contributed by atoms with Crippen molar-refractivity contribution < 1.29 is 43.1 Å². The molecule has 3 saturated heterocycles. The van der Waals surface area contributed by atoms with Crippen LogP contribution in [0.4, 0.5) is 0 Å². The maximum Gasteiger partial charge on any atom is 0.308 e. The van der Waals surface area contributed by atoms with Crippen molar-refractivity contribution in [2.45, 2.75) is 122 Å². The highest BCUT2D eigenvalue weighted by Gasteiger charge is 2.60. The van der Waals surface area contributed by atoms with Gasteiger partial charge in [-0.2, -0.15) is 0 Å². The Hall–Kier alpha value is -2.08. The van der Waals surface area contributed by atoms with Crippen molar-refractivity contribution in [2.75, 3.05) is 20.3 Å². The van der Waals surface area contributed by atoms with E-state index in [1.54, 1.807) is 6.92 Å². The molecule has 10 nitrogen and oxygen atoms in total. The highest BCUT2D eigenvalue weighted by molar-refractivity contribution is 5.87. The molecule has 1 spiro atoms. The molecule has 3 heterocycles. The molecular formula is C31H49NO9. The maximum atomic E-state index is 12.2. The van der Waals surface area contributed by atoms with Gasteiger partial charge in [0.25, 0.3) is 0 Å². The minimum atomic E-state index is -0.667. The van der Waals surface area contributed by atoms with E-state index in [0.717, 1.165) is 18.4 Å². The fraction of sp³-hybridized carbons (Fsp3) is 0.742. The fourth-order valence-electron chi connectivity index (χ4n) is 5.52. The third-order valence-corrected chi connectivity index (χ3v) is 7.91. The van der Waals surface area contributed by atoms with Crippen LogP contribution in [0.15, 0.2) is 36.0 Å². The van der Waals surface area contributed by atoms with Gasteiger partial charge in [0.1, 0.15) is 17.8 Å². The molecule has 0 saturated carbocycles. The number of aliphatic hydroxyl groups is 1. The van der Waals surface area contributed by atoms with Crippen LogP contribution in [0.3, 0.4) is 0 Å². The summed E-state index contributed by atoms with van der Waals surface area (Å²) >= 11 is 0. The molecule has 10 heteroatoms. The maximum absolute atomic E-state index is 12.2. The molecule has 10 atom stereocenters. The first-order valence-electron chi connectivity index (χ1n) is 14.8. The van der Waals surface area contributed by atoms with E-state index in [0.29, 0.717) is 19.6 Å². The summed E-state index contributed by atoms with van der Waals surface area (Å²) in [5.74, 6) is -0.302. The van der Waals surface area contributed by atoms with Gasteiger partial charge in [-0.05, 0) is 53.4 Å². The highest BCUT2D eigenvalue weighted by atomic mass is 16.7. The number of epoxide rings is 1. The van der Waals surface area contributed by atoms with E-state index in [9.17, 15) is 14.7 Å². The number of allylic oxidation sites excluding steroid dienone is 2. The zero-order valence-corrected chi connectivity index (χ0v) is 25.5. The van der Waals surface area contributed by atoms with E-state index in [1.165, 1.54) is 19.3 Å². The molecule has 3 aliphatic rings. The van der Waals surface area contributed by atoms with Gasteiger partial charge in [-0.1, -0.05) is 36.8 Å². The summed E-state index contributed by atoms with van der Waals surface area (Å²) in [7, 11) is 1.38. The second-order valence-electron chi connectivity index (χ2n) is 11.5. The lowest BCUT2D eigenvalue weighted by atomic mass is 9.87. The lowest BCUT2D eigenvalue weighted by molar-refractivity contribution is -0.227. The Balaban J connectivity index is 1.62. The fourth-order valence-corrected chi connectivity index (χ4v) is 5.52. The minimum Gasteiger partial charge on any atom is -0.469 e. The first-order chi connectivity index (χ1) is 19.5. The third-order valence-electron chi connectivity index (χ3n) is 7.91.